The molecular weight excluding hydrogens is 190 g/mol. The van der Waals surface area contributed by atoms with Crippen molar-refractivity contribution in [3.05, 3.63) is 0 Å². The number of carbonyl (C=O) groups excluding carboxylic acids is 1. The molecule has 2 fully saturated rings. The van der Waals surface area contributed by atoms with Crippen molar-refractivity contribution in [1.82, 2.24) is 4.90 Å². The molecule has 1 heterocycles. The Hall–Kier alpha value is -0.410. The molecule has 0 spiro atoms. The number of ketones is 1. The minimum absolute atomic E-state index is 0.145. The van der Waals surface area contributed by atoms with Crippen LogP contribution in [0, 0.1) is 0 Å². The molecule has 2 rings (SSSR count). The van der Waals surface area contributed by atoms with Gasteiger partial charge in [-0.3, -0.25) is 9.69 Å². The molecule has 0 amide bonds. The highest BCUT2D eigenvalue weighted by Crippen LogP contribution is 2.22. The van der Waals surface area contributed by atoms with Crippen molar-refractivity contribution in [2.75, 3.05) is 13.1 Å². The first kappa shape index (κ1) is 11.1. The predicted molar refractivity (Wildman–Crippen MR) is 58.7 cm³/mol. The lowest BCUT2D eigenvalue weighted by Crippen LogP contribution is -2.43. The molecule has 0 radical (unpaired) electrons. The molecule has 15 heavy (non-hydrogen) atoms. The average Bonchev–Trinajstić information content (AvgIpc) is 2.44. The lowest BCUT2D eigenvalue weighted by molar-refractivity contribution is -0.126. The summed E-state index contributed by atoms with van der Waals surface area (Å²) in [5, 5.41) is 9.56. The monoisotopic (exact) mass is 211 g/mol. The molecule has 0 aromatic rings. The topological polar surface area (TPSA) is 40.5 Å². The van der Waals surface area contributed by atoms with E-state index in [1.807, 2.05) is 0 Å². The Bertz CT molecular complexity index is 230. The van der Waals surface area contributed by atoms with Crippen LogP contribution in [0.5, 0.6) is 0 Å². The minimum Gasteiger partial charge on any atom is -0.393 e. The Morgan fingerprint density at radius 1 is 1.07 bits per heavy atom. The lowest BCUT2D eigenvalue weighted by atomic mass is 9.93. The van der Waals surface area contributed by atoms with Crippen LogP contribution in [0.15, 0.2) is 0 Å². The van der Waals surface area contributed by atoms with E-state index < -0.39 is 0 Å². The van der Waals surface area contributed by atoms with Gasteiger partial charge in [0.2, 0.25) is 0 Å². The van der Waals surface area contributed by atoms with Gasteiger partial charge in [0.1, 0.15) is 5.78 Å². The van der Waals surface area contributed by atoms with Gasteiger partial charge in [0.15, 0.2) is 0 Å². The highest BCUT2D eigenvalue weighted by Gasteiger charge is 2.29. The maximum Gasteiger partial charge on any atom is 0.149 e. The highest BCUT2D eigenvalue weighted by atomic mass is 16.3. The maximum atomic E-state index is 11.8. The zero-order chi connectivity index (χ0) is 10.7. The first-order valence-electron chi connectivity index (χ1n) is 6.22. The molecule has 2 aliphatic rings. The quantitative estimate of drug-likeness (QED) is 0.711. The largest absolute Gasteiger partial charge is 0.393 e. The number of hydrogen-bond acceptors (Lipinski definition) is 3. The van der Waals surface area contributed by atoms with E-state index in [4.69, 9.17) is 0 Å². The van der Waals surface area contributed by atoms with E-state index in [1.54, 1.807) is 0 Å². The maximum absolute atomic E-state index is 11.8. The molecule has 3 nitrogen and oxygen atoms in total. The second-order valence-corrected chi connectivity index (χ2v) is 4.85. The molecular formula is C12H21NO2. The van der Waals surface area contributed by atoms with Crippen molar-refractivity contribution in [2.24, 2.45) is 0 Å². The van der Waals surface area contributed by atoms with E-state index in [0.29, 0.717) is 5.78 Å². The number of nitrogens with zero attached hydrogens (tertiary/aromatic N) is 1. The zero-order valence-corrected chi connectivity index (χ0v) is 9.32. The Labute approximate surface area is 91.5 Å². The van der Waals surface area contributed by atoms with Crippen molar-refractivity contribution < 1.29 is 9.90 Å². The number of rotatable bonds is 1. The van der Waals surface area contributed by atoms with Crippen LogP contribution >= 0.6 is 0 Å². The molecule has 2 atom stereocenters. The van der Waals surface area contributed by atoms with Gasteiger partial charge in [0.25, 0.3) is 0 Å². The van der Waals surface area contributed by atoms with Crippen molar-refractivity contribution in [3.63, 3.8) is 0 Å². The van der Waals surface area contributed by atoms with E-state index in [2.05, 4.69) is 4.90 Å². The molecule has 0 bridgehead atoms. The van der Waals surface area contributed by atoms with Crippen LogP contribution in [0.1, 0.15) is 44.9 Å². The number of likely N-dealkylation sites (tertiary alicyclic amines) is 1. The summed E-state index contributed by atoms with van der Waals surface area (Å²) in [4.78, 5) is 14.1. The van der Waals surface area contributed by atoms with Gasteiger partial charge in [-0.1, -0.05) is 6.42 Å². The number of aliphatic hydroxyl groups excluding tert-OH is 1. The lowest BCUT2D eigenvalue weighted by Gasteiger charge is -2.32. The summed E-state index contributed by atoms with van der Waals surface area (Å²) in [6.07, 6.45) is 6.69. The van der Waals surface area contributed by atoms with Gasteiger partial charge < -0.3 is 5.11 Å². The fraction of sp³-hybridized carbons (Fsp3) is 0.917. The second kappa shape index (κ2) is 5.08. The molecule has 0 aromatic heterocycles. The van der Waals surface area contributed by atoms with Crippen LogP contribution in [0.3, 0.4) is 0 Å². The van der Waals surface area contributed by atoms with E-state index in [-0.39, 0.29) is 12.1 Å². The van der Waals surface area contributed by atoms with Crippen LogP contribution in [0.2, 0.25) is 0 Å². The Balaban J connectivity index is 1.93. The van der Waals surface area contributed by atoms with Crippen LogP contribution in [-0.2, 0) is 4.79 Å². The van der Waals surface area contributed by atoms with Gasteiger partial charge >= 0.3 is 0 Å². The van der Waals surface area contributed by atoms with Gasteiger partial charge in [-0.25, -0.2) is 0 Å². The highest BCUT2D eigenvalue weighted by molar-refractivity contribution is 5.84. The molecule has 1 saturated carbocycles. The summed E-state index contributed by atoms with van der Waals surface area (Å²) in [6.45, 7) is 1.89. The Morgan fingerprint density at radius 3 is 2.73 bits per heavy atom. The van der Waals surface area contributed by atoms with Crippen molar-refractivity contribution in [1.29, 1.82) is 0 Å². The second-order valence-electron chi connectivity index (χ2n) is 4.85. The van der Waals surface area contributed by atoms with E-state index in [0.717, 1.165) is 51.6 Å². The summed E-state index contributed by atoms with van der Waals surface area (Å²) >= 11 is 0. The van der Waals surface area contributed by atoms with Crippen molar-refractivity contribution in [3.8, 4) is 0 Å². The molecule has 1 saturated heterocycles. The number of hydrogen-bond donors (Lipinski definition) is 1. The molecule has 0 aromatic carbocycles. The van der Waals surface area contributed by atoms with Gasteiger partial charge in [0, 0.05) is 13.0 Å². The summed E-state index contributed by atoms with van der Waals surface area (Å²) in [6, 6.07) is 0.170. The smallest absolute Gasteiger partial charge is 0.149 e. The third-order valence-electron chi connectivity index (χ3n) is 3.70. The fourth-order valence-corrected chi connectivity index (χ4v) is 2.76. The van der Waals surface area contributed by atoms with Crippen LogP contribution < -0.4 is 0 Å². The number of carbonyl (C=O) groups is 1. The third kappa shape index (κ3) is 2.79. The Morgan fingerprint density at radius 2 is 1.93 bits per heavy atom. The zero-order valence-electron chi connectivity index (χ0n) is 9.32. The first-order valence-corrected chi connectivity index (χ1v) is 6.22. The molecule has 86 valence electrons. The van der Waals surface area contributed by atoms with Gasteiger partial charge in [-0.05, 0) is 38.6 Å². The molecule has 3 heteroatoms. The van der Waals surface area contributed by atoms with Gasteiger partial charge in [0.05, 0.1) is 12.1 Å². The summed E-state index contributed by atoms with van der Waals surface area (Å²) in [5.41, 5.74) is 0. The van der Waals surface area contributed by atoms with Crippen LogP contribution in [0.25, 0.3) is 0 Å². The number of Topliss-reactive ketones (excluding diaryl/α,β-unsaturated/α-hetero) is 1. The predicted octanol–water partition coefficient (Wildman–Crippen LogP) is 1.34. The van der Waals surface area contributed by atoms with E-state index >= 15 is 0 Å². The van der Waals surface area contributed by atoms with Crippen LogP contribution in [0.4, 0.5) is 0 Å². The van der Waals surface area contributed by atoms with Gasteiger partial charge in [-0.2, -0.15) is 0 Å². The average molecular weight is 211 g/mol. The minimum atomic E-state index is -0.145. The number of aliphatic hydroxyl groups is 1. The van der Waals surface area contributed by atoms with Crippen molar-refractivity contribution >= 4 is 5.78 Å². The summed E-state index contributed by atoms with van der Waals surface area (Å²) < 4.78 is 0. The Kier molecular flexibility index (Phi) is 3.76. The SMILES string of the molecule is O=C1CCCCC1N1CCCC(O)CC1. The molecule has 1 aliphatic heterocycles. The molecule has 1 aliphatic carbocycles. The fourth-order valence-electron chi connectivity index (χ4n) is 2.76. The molecule has 1 N–H and O–H groups in total. The molecule has 2 unspecified atom stereocenters. The van der Waals surface area contributed by atoms with E-state index in [1.165, 1.54) is 6.42 Å². The normalized spacial score (nSPS) is 35.1. The summed E-state index contributed by atoms with van der Waals surface area (Å²) in [5.74, 6) is 0.428. The first-order chi connectivity index (χ1) is 7.27. The third-order valence-corrected chi connectivity index (χ3v) is 3.70. The van der Waals surface area contributed by atoms with Crippen molar-refractivity contribution in [2.45, 2.75) is 57.1 Å². The van der Waals surface area contributed by atoms with E-state index in [9.17, 15) is 9.90 Å². The van der Waals surface area contributed by atoms with Crippen LogP contribution in [-0.4, -0.2) is 41.0 Å². The van der Waals surface area contributed by atoms with Gasteiger partial charge in [-0.15, -0.1) is 0 Å². The standard InChI is InChI=1S/C12H21NO2/c14-10-4-3-8-13(9-7-10)11-5-1-2-6-12(11)15/h10-11,14H,1-9H2. The summed E-state index contributed by atoms with van der Waals surface area (Å²) in [7, 11) is 0.